The number of aryl methyl sites for hydroxylation is 1. The van der Waals surface area contributed by atoms with Gasteiger partial charge in [-0.25, -0.2) is 4.98 Å². The van der Waals surface area contributed by atoms with Crippen LogP contribution in [0.5, 0.6) is 0 Å². The fourth-order valence-corrected chi connectivity index (χ4v) is 2.27. The lowest BCUT2D eigenvalue weighted by Crippen LogP contribution is -2.29. The van der Waals surface area contributed by atoms with Crippen LogP contribution in [0.15, 0.2) is 30.6 Å². The highest BCUT2D eigenvalue weighted by atomic mass is 19.4. The lowest BCUT2D eigenvalue weighted by Gasteiger charge is -2.13. The van der Waals surface area contributed by atoms with Crippen molar-refractivity contribution in [1.82, 2.24) is 14.9 Å². The van der Waals surface area contributed by atoms with Crippen molar-refractivity contribution in [1.29, 1.82) is 0 Å². The molecule has 0 aliphatic heterocycles. The molecule has 0 fully saturated rings. The summed E-state index contributed by atoms with van der Waals surface area (Å²) in [5.41, 5.74) is 1.13. The molecule has 2 aromatic rings. The zero-order valence-corrected chi connectivity index (χ0v) is 12.9. The molecule has 1 aromatic carbocycles. The van der Waals surface area contributed by atoms with Gasteiger partial charge in [0.05, 0.1) is 24.0 Å². The maximum Gasteiger partial charge on any atom is 0.416 e. The Labute approximate surface area is 132 Å². The van der Waals surface area contributed by atoms with Gasteiger partial charge in [0.25, 0.3) is 0 Å². The van der Waals surface area contributed by atoms with Gasteiger partial charge < -0.3 is 9.88 Å². The second-order valence-corrected chi connectivity index (χ2v) is 5.29. The van der Waals surface area contributed by atoms with Crippen molar-refractivity contribution in [3.05, 3.63) is 53.1 Å². The van der Waals surface area contributed by atoms with E-state index in [1.165, 1.54) is 18.2 Å². The highest BCUT2D eigenvalue weighted by Crippen LogP contribution is 2.31. The van der Waals surface area contributed by atoms with Gasteiger partial charge in [-0.3, -0.25) is 4.79 Å². The van der Waals surface area contributed by atoms with E-state index in [-0.39, 0.29) is 12.0 Å². The molecule has 1 aromatic heterocycles. The molecule has 0 aliphatic rings. The molecule has 0 spiro atoms. The molecule has 1 amide bonds. The molecule has 1 heterocycles. The highest BCUT2D eigenvalue weighted by Gasteiger charge is 2.33. The first kappa shape index (κ1) is 17.1. The van der Waals surface area contributed by atoms with E-state index < -0.39 is 17.6 Å². The summed E-state index contributed by atoms with van der Waals surface area (Å²) in [5, 5.41) is 2.64. The van der Waals surface area contributed by atoms with Gasteiger partial charge in [-0.15, -0.1) is 0 Å². The van der Waals surface area contributed by atoms with Crippen molar-refractivity contribution in [2.45, 2.75) is 33.0 Å². The predicted octanol–water partition coefficient (Wildman–Crippen LogP) is 2.88. The summed E-state index contributed by atoms with van der Waals surface area (Å²) in [6, 6.07) is 5.12. The van der Waals surface area contributed by atoms with E-state index >= 15 is 0 Å². The molecule has 0 radical (unpaired) electrons. The molecular weight excluding hydrogens is 307 g/mol. The number of benzene rings is 1. The number of imidazole rings is 1. The van der Waals surface area contributed by atoms with Crippen LogP contribution in [0.2, 0.25) is 0 Å². The van der Waals surface area contributed by atoms with Crippen molar-refractivity contribution in [2.75, 3.05) is 6.54 Å². The first-order valence-corrected chi connectivity index (χ1v) is 7.19. The smallest absolute Gasteiger partial charge is 0.354 e. The number of hydrogen-bond acceptors (Lipinski definition) is 2. The number of aromatic nitrogens is 2. The van der Waals surface area contributed by atoms with Gasteiger partial charge in [0.2, 0.25) is 5.91 Å². The average Bonchev–Trinajstić information content (AvgIpc) is 2.79. The zero-order chi connectivity index (χ0) is 17.0. The van der Waals surface area contributed by atoms with E-state index in [9.17, 15) is 18.0 Å². The molecule has 0 unspecified atom stereocenters. The van der Waals surface area contributed by atoms with E-state index in [1.54, 1.807) is 6.33 Å². The number of alkyl halides is 3. The summed E-state index contributed by atoms with van der Waals surface area (Å²) in [6.45, 7) is 4.67. The van der Waals surface area contributed by atoms with Crippen LogP contribution in [0.3, 0.4) is 0 Å². The van der Waals surface area contributed by atoms with Crippen LogP contribution >= 0.6 is 0 Å². The Morgan fingerprint density at radius 2 is 1.96 bits per heavy atom. The molecule has 23 heavy (non-hydrogen) atoms. The van der Waals surface area contributed by atoms with Crippen LogP contribution in [0.25, 0.3) is 0 Å². The second kappa shape index (κ2) is 6.85. The van der Waals surface area contributed by atoms with Gasteiger partial charge in [0.1, 0.15) is 0 Å². The molecule has 124 valence electrons. The number of nitrogens with one attached hydrogen (secondary N) is 1. The number of carbonyl (C=O) groups is 1. The van der Waals surface area contributed by atoms with Gasteiger partial charge in [0.15, 0.2) is 0 Å². The van der Waals surface area contributed by atoms with Gasteiger partial charge in [0, 0.05) is 18.8 Å². The fourth-order valence-electron chi connectivity index (χ4n) is 2.27. The third kappa shape index (κ3) is 4.34. The van der Waals surface area contributed by atoms with E-state index in [1.807, 2.05) is 18.4 Å². The number of hydrogen-bond donors (Lipinski definition) is 1. The maximum atomic E-state index is 12.9. The van der Waals surface area contributed by atoms with Gasteiger partial charge in [-0.2, -0.15) is 13.2 Å². The van der Waals surface area contributed by atoms with Crippen LogP contribution < -0.4 is 5.32 Å². The van der Waals surface area contributed by atoms with Crippen LogP contribution in [0, 0.1) is 13.8 Å². The van der Waals surface area contributed by atoms with Crippen LogP contribution in [-0.4, -0.2) is 22.0 Å². The molecule has 0 aliphatic carbocycles. The standard InChI is InChI=1S/C16H18F3N3O/c1-11-12(2)22(10-21-11)8-7-20-15(23)9-13-5-3-4-6-14(13)16(17,18)19/h3-6,10H,7-9H2,1-2H3,(H,20,23). The molecule has 2 rings (SSSR count). The number of nitrogens with zero attached hydrogens (tertiary/aromatic N) is 2. The predicted molar refractivity (Wildman–Crippen MR) is 79.9 cm³/mol. The summed E-state index contributed by atoms with van der Waals surface area (Å²) in [7, 11) is 0. The molecule has 1 N–H and O–H groups in total. The van der Waals surface area contributed by atoms with E-state index in [0.717, 1.165) is 17.5 Å². The Morgan fingerprint density at radius 3 is 2.57 bits per heavy atom. The topological polar surface area (TPSA) is 46.9 Å². The molecule has 0 saturated carbocycles. The van der Waals surface area contributed by atoms with Crippen molar-refractivity contribution in [2.24, 2.45) is 0 Å². The maximum absolute atomic E-state index is 12.9. The number of amides is 1. The third-order valence-electron chi connectivity index (χ3n) is 3.69. The Bertz CT molecular complexity index is 692. The number of carbonyl (C=O) groups excluding carboxylic acids is 1. The summed E-state index contributed by atoms with van der Waals surface area (Å²) < 4.78 is 40.5. The number of rotatable bonds is 5. The molecule has 0 atom stereocenters. The summed E-state index contributed by atoms with van der Waals surface area (Å²) in [5.74, 6) is -0.434. The molecule has 7 heteroatoms. The third-order valence-corrected chi connectivity index (χ3v) is 3.69. The summed E-state index contributed by atoms with van der Waals surface area (Å²) in [6.07, 6.45) is -3.07. The molecule has 0 bridgehead atoms. The zero-order valence-electron chi connectivity index (χ0n) is 12.9. The number of halogens is 3. The van der Waals surface area contributed by atoms with Crippen molar-refractivity contribution < 1.29 is 18.0 Å². The monoisotopic (exact) mass is 325 g/mol. The Kier molecular flexibility index (Phi) is 5.08. The van der Waals surface area contributed by atoms with Crippen LogP contribution in [0.1, 0.15) is 22.5 Å². The van der Waals surface area contributed by atoms with Crippen molar-refractivity contribution in [3.8, 4) is 0 Å². The van der Waals surface area contributed by atoms with Gasteiger partial charge >= 0.3 is 6.18 Å². The molecular formula is C16H18F3N3O. The summed E-state index contributed by atoms with van der Waals surface area (Å²) >= 11 is 0. The normalized spacial score (nSPS) is 11.5. The minimum Gasteiger partial charge on any atom is -0.354 e. The lowest BCUT2D eigenvalue weighted by molar-refractivity contribution is -0.138. The Balaban J connectivity index is 1.92. The van der Waals surface area contributed by atoms with Crippen LogP contribution in [0.4, 0.5) is 13.2 Å². The lowest BCUT2D eigenvalue weighted by atomic mass is 10.0. The van der Waals surface area contributed by atoms with Gasteiger partial charge in [-0.1, -0.05) is 18.2 Å². The molecule has 0 saturated heterocycles. The largest absolute Gasteiger partial charge is 0.416 e. The van der Waals surface area contributed by atoms with E-state index in [4.69, 9.17) is 0 Å². The average molecular weight is 325 g/mol. The minimum atomic E-state index is -4.46. The van der Waals surface area contributed by atoms with Crippen molar-refractivity contribution in [3.63, 3.8) is 0 Å². The molecule has 4 nitrogen and oxygen atoms in total. The quantitative estimate of drug-likeness (QED) is 0.919. The first-order valence-electron chi connectivity index (χ1n) is 7.19. The van der Waals surface area contributed by atoms with Crippen LogP contribution in [-0.2, 0) is 23.9 Å². The highest BCUT2D eigenvalue weighted by molar-refractivity contribution is 5.78. The van der Waals surface area contributed by atoms with E-state index in [0.29, 0.717) is 13.1 Å². The summed E-state index contributed by atoms with van der Waals surface area (Å²) in [4.78, 5) is 16.0. The minimum absolute atomic E-state index is 0.0212. The Morgan fingerprint density at radius 1 is 1.26 bits per heavy atom. The van der Waals surface area contributed by atoms with Crippen molar-refractivity contribution >= 4 is 5.91 Å². The van der Waals surface area contributed by atoms with E-state index in [2.05, 4.69) is 10.3 Å². The second-order valence-electron chi connectivity index (χ2n) is 5.29. The fraction of sp³-hybridized carbons (Fsp3) is 0.375. The Hall–Kier alpha value is -2.31. The first-order chi connectivity index (χ1) is 10.8. The SMILES string of the molecule is Cc1ncn(CCNC(=O)Cc2ccccc2C(F)(F)F)c1C. The van der Waals surface area contributed by atoms with Gasteiger partial charge in [-0.05, 0) is 25.5 Å².